The van der Waals surface area contributed by atoms with Crippen molar-refractivity contribution in [2.45, 2.75) is 26.4 Å². The van der Waals surface area contributed by atoms with Gasteiger partial charge in [-0.15, -0.1) is 5.10 Å². The first-order valence-electron chi connectivity index (χ1n) is 13.0. The van der Waals surface area contributed by atoms with E-state index >= 15 is 0 Å². The van der Waals surface area contributed by atoms with E-state index in [9.17, 15) is 0 Å². The van der Waals surface area contributed by atoms with Gasteiger partial charge in [-0.05, 0) is 43.7 Å². The predicted molar refractivity (Wildman–Crippen MR) is 149 cm³/mol. The molecule has 40 heavy (non-hydrogen) atoms. The van der Waals surface area contributed by atoms with Gasteiger partial charge in [-0.3, -0.25) is 0 Å². The van der Waals surface area contributed by atoms with E-state index in [1.165, 1.54) is 5.56 Å². The van der Waals surface area contributed by atoms with Gasteiger partial charge in [-0.25, -0.2) is 19.2 Å². The second kappa shape index (κ2) is 9.53. The van der Waals surface area contributed by atoms with Crippen LogP contribution in [0.3, 0.4) is 0 Å². The fraction of sp³-hybridized carbons (Fsp3) is 0.161. The van der Waals surface area contributed by atoms with Crippen molar-refractivity contribution in [3.05, 3.63) is 119 Å². The van der Waals surface area contributed by atoms with E-state index in [4.69, 9.17) is 24.3 Å². The van der Waals surface area contributed by atoms with Gasteiger partial charge in [-0.2, -0.15) is 5.10 Å². The molecule has 3 aromatic heterocycles. The quantitative estimate of drug-likeness (QED) is 0.268. The predicted octanol–water partition coefficient (Wildman–Crippen LogP) is 5.80. The summed E-state index contributed by atoms with van der Waals surface area (Å²) >= 11 is 0. The Morgan fingerprint density at radius 3 is 2.38 bits per heavy atom. The maximum Gasteiger partial charge on any atom is 0.230 e. The molecule has 0 radical (unpaired) electrons. The van der Waals surface area contributed by atoms with Crippen LogP contribution in [0.1, 0.15) is 39.7 Å². The molecule has 7 rings (SSSR count). The Morgan fingerprint density at radius 1 is 0.850 bits per heavy atom. The number of aromatic nitrogens is 6. The number of aryl methyl sites for hydroxylation is 2. The molecule has 3 aromatic carbocycles. The number of rotatable bonds is 6. The number of hydrogen-bond acceptors (Lipinski definition) is 7. The van der Waals surface area contributed by atoms with E-state index in [1.54, 1.807) is 18.0 Å². The molecule has 0 unspecified atom stereocenters. The monoisotopic (exact) mass is 530 g/mol. The van der Waals surface area contributed by atoms with Crippen molar-refractivity contribution in [3.8, 4) is 28.9 Å². The summed E-state index contributed by atoms with van der Waals surface area (Å²) in [5.74, 6) is 2.71. The average molecular weight is 531 g/mol. The van der Waals surface area contributed by atoms with Crippen molar-refractivity contribution in [2.75, 3.05) is 7.11 Å². The molecule has 9 heteroatoms. The van der Waals surface area contributed by atoms with Gasteiger partial charge in [-0.1, -0.05) is 60.2 Å². The molecule has 0 aliphatic carbocycles. The summed E-state index contributed by atoms with van der Waals surface area (Å²) in [5.41, 5.74) is 6.54. The average Bonchev–Trinajstić information content (AvgIpc) is 3.56. The van der Waals surface area contributed by atoms with Gasteiger partial charge in [0, 0.05) is 0 Å². The van der Waals surface area contributed by atoms with E-state index in [0.29, 0.717) is 34.7 Å². The fourth-order valence-electron chi connectivity index (χ4n) is 5.20. The molecular weight excluding hydrogens is 504 g/mol. The molecule has 0 saturated heterocycles. The third-order valence-corrected chi connectivity index (χ3v) is 7.10. The van der Waals surface area contributed by atoms with Crippen molar-refractivity contribution < 1.29 is 14.2 Å². The number of nitrogens with zero attached hydrogens (tertiary/aromatic N) is 6. The van der Waals surface area contributed by atoms with Crippen molar-refractivity contribution in [1.29, 1.82) is 0 Å². The van der Waals surface area contributed by atoms with Gasteiger partial charge in [0.25, 0.3) is 0 Å². The zero-order valence-electron chi connectivity index (χ0n) is 22.3. The first kappa shape index (κ1) is 23.9. The Balaban J connectivity index is 1.36. The van der Waals surface area contributed by atoms with Gasteiger partial charge in [0.05, 0.1) is 35.5 Å². The molecule has 0 spiro atoms. The van der Waals surface area contributed by atoms with Gasteiger partial charge in [0.15, 0.2) is 23.0 Å². The van der Waals surface area contributed by atoms with Crippen LogP contribution in [0.5, 0.6) is 23.3 Å². The fourth-order valence-corrected chi connectivity index (χ4v) is 5.20. The third-order valence-electron chi connectivity index (χ3n) is 7.10. The lowest BCUT2D eigenvalue weighted by Gasteiger charge is -2.26. The minimum absolute atomic E-state index is 0.170. The molecule has 0 bridgehead atoms. The second-order valence-electron chi connectivity index (χ2n) is 9.70. The van der Waals surface area contributed by atoms with Gasteiger partial charge >= 0.3 is 0 Å². The maximum absolute atomic E-state index is 6.50. The minimum Gasteiger partial charge on any atom is -0.493 e. The Kier molecular flexibility index (Phi) is 5.70. The Bertz CT molecular complexity index is 1840. The molecule has 0 saturated carbocycles. The molecule has 6 aromatic rings. The summed E-state index contributed by atoms with van der Waals surface area (Å²) in [4.78, 5) is 9.58. The molecule has 1 atom stereocenters. The molecule has 1 aliphatic heterocycles. The molecule has 198 valence electrons. The van der Waals surface area contributed by atoms with Gasteiger partial charge in [0.1, 0.15) is 12.9 Å². The zero-order chi connectivity index (χ0) is 27.2. The van der Waals surface area contributed by atoms with Crippen molar-refractivity contribution in [2.24, 2.45) is 0 Å². The number of benzene rings is 3. The van der Waals surface area contributed by atoms with Crippen LogP contribution in [0.25, 0.3) is 11.3 Å². The van der Waals surface area contributed by atoms with Crippen LogP contribution in [-0.4, -0.2) is 36.5 Å². The highest BCUT2D eigenvalue weighted by Crippen LogP contribution is 2.49. The van der Waals surface area contributed by atoms with Crippen LogP contribution in [0.2, 0.25) is 0 Å². The Morgan fingerprint density at radius 2 is 1.60 bits per heavy atom. The van der Waals surface area contributed by atoms with E-state index in [-0.39, 0.29) is 12.5 Å². The molecule has 0 N–H and O–H groups in total. The lowest BCUT2D eigenvalue weighted by Crippen LogP contribution is -2.16. The molecule has 1 aliphatic rings. The molecular formula is C31H26N6O3. The third kappa shape index (κ3) is 3.94. The van der Waals surface area contributed by atoms with E-state index in [1.807, 2.05) is 66.2 Å². The Labute approximate surface area is 230 Å². The first-order chi connectivity index (χ1) is 19.6. The highest BCUT2D eigenvalue weighted by atomic mass is 16.5. The number of para-hydroxylation sites is 3. The van der Waals surface area contributed by atoms with Gasteiger partial charge < -0.3 is 14.2 Å². The number of fused-ring (bicyclic) bond motifs is 4. The molecule has 0 fully saturated rings. The molecule has 4 heterocycles. The van der Waals surface area contributed by atoms with Crippen molar-refractivity contribution >= 4 is 5.65 Å². The first-order valence-corrected chi connectivity index (χ1v) is 13.0. The van der Waals surface area contributed by atoms with Crippen LogP contribution in [0.15, 0.2) is 85.2 Å². The Hall–Kier alpha value is -5.18. The lowest BCUT2D eigenvalue weighted by atomic mass is 9.84. The number of ether oxygens (including phenoxy) is 3. The number of methoxy groups -OCH3 is 1. The zero-order valence-corrected chi connectivity index (χ0v) is 22.3. The van der Waals surface area contributed by atoms with Crippen molar-refractivity contribution in [3.63, 3.8) is 0 Å². The van der Waals surface area contributed by atoms with Gasteiger partial charge in [0.2, 0.25) is 11.8 Å². The largest absolute Gasteiger partial charge is 0.493 e. The standard InChI is InChI=1S/C31H26N6O3/c1-19-13-15-21(16-14-19)27-26-20(2)34-37(22-9-5-4-6-10-22)31(26)40-30-28(27)29-33-25(35-36(29)18-32-30)17-39-24-12-8-7-11-23(24)38-3/h4-16,18,27H,17H2,1-3H3/t27-/m0/s1. The summed E-state index contributed by atoms with van der Waals surface area (Å²) in [6, 6.07) is 26.0. The van der Waals surface area contributed by atoms with Crippen LogP contribution in [0, 0.1) is 13.8 Å². The molecule has 9 nitrogen and oxygen atoms in total. The van der Waals surface area contributed by atoms with Crippen LogP contribution >= 0.6 is 0 Å². The highest BCUT2D eigenvalue weighted by Gasteiger charge is 2.38. The van der Waals surface area contributed by atoms with Crippen LogP contribution in [0.4, 0.5) is 0 Å². The molecule has 0 amide bonds. The SMILES string of the molecule is COc1ccccc1OCc1nc2c3c(ncn2n1)Oc1c(c(C)nn1-c1ccccc1)[C@@H]3c1ccc(C)cc1. The van der Waals surface area contributed by atoms with E-state index < -0.39 is 0 Å². The maximum atomic E-state index is 6.50. The second-order valence-corrected chi connectivity index (χ2v) is 9.70. The van der Waals surface area contributed by atoms with E-state index in [2.05, 4.69) is 41.3 Å². The summed E-state index contributed by atoms with van der Waals surface area (Å²) in [6.45, 7) is 4.26. The van der Waals surface area contributed by atoms with Crippen LogP contribution in [-0.2, 0) is 6.61 Å². The number of hydrogen-bond donors (Lipinski definition) is 0. The topological polar surface area (TPSA) is 88.6 Å². The van der Waals surface area contributed by atoms with E-state index in [0.717, 1.165) is 28.1 Å². The van der Waals surface area contributed by atoms with Crippen molar-refractivity contribution in [1.82, 2.24) is 29.4 Å². The summed E-state index contributed by atoms with van der Waals surface area (Å²) in [6.07, 6.45) is 1.63. The summed E-state index contributed by atoms with van der Waals surface area (Å²) in [5, 5.41) is 9.56. The normalized spacial score (nSPS) is 13.9. The smallest absolute Gasteiger partial charge is 0.230 e. The van der Waals surface area contributed by atoms with Crippen LogP contribution < -0.4 is 14.2 Å². The lowest BCUT2D eigenvalue weighted by molar-refractivity contribution is 0.276. The highest BCUT2D eigenvalue weighted by molar-refractivity contribution is 5.66. The minimum atomic E-state index is -0.208. The summed E-state index contributed by atoms with van der Waals surface area (Å²) < 4.78 is 21.5. The summed E-state index contributed by atoms with van der Waals surface area (Å²) in [7, 11) is 1.62.